The van der Waals surface area contributed by atoms with Crippen molar-refractivity contribution in [1.29, 1.82) is 0 Å². The molecule has 0 spiro atoms. The van der Waals surface area contributed by atoms with Crippen LogP contribution in [0.1, 0.15) is 17.4 Å². The monoisotopic (exact) mass is 256 g/mol. The van der Waals surface area contributed by atoms with Gasteiger partial charge in [-0.1, -0.05) is 6.08 Å². The Balaban J connectivity index is 2.82. The van der Waals surface area contributed by atoms with E-state index in [1.54, 1.807) is 6.08 Å². The molecule has 1 amide bonds. The van der Waals surface area contributed by atoms with E-state index in [4.69, 9.17) is 0 Å². The highest BCUT2D eigenvalue weighted by atomic mass is 79.9. The first kappa shape index (κ1) is 11.0. The first-order chi connectivity index (χ1) is 6.69. The molecule has 0 radical (unpaired) electrons. The van der Waals surface area contributed by atoms with E-state index >= 15 is 0 Å². The van der Waals surface area contributed by atoms with E-state index in [9.17, 15) is 4.79 Å². The summed E-state index contributed by atoms with van der Waals surface area (Å²) in [7, 11) is 0. The molecule has 1 rings (SSSR count). The van der Waals surface area contributed by atoms with Crippen LogP contribution >= 0.6 is 15.9 Å². The molecule has 0 saturated carbocycles. The van der Waals surface area contributed by atoms with Crippen molar-refractivity contribution in [3.63, 3.8) is 0 Å². The van der Waals surface area contributed by atoms with Crippen molar-refractivity contribution in [3.05, 3.63) is 35.1 Å². The van der Waals surface area contributed by atoms with Crippen LogP contribution in [0.15, 0.2) is 29.4 Å². The first-order valence-electron chi connectivity index (χ1n) is 4.43. The highest BCUT2D eigenvalue weighted by molar-refractivity contribution is 9.10. The normalized spacial score (nSPS) is 9.86. The zero-order chi connectivity index (χ0) is 10.6. The summed E-state index contributed by atoms with van der Waals surface area (Å²) in [6.45, 7) is 6.81. The number of rotatable bonds is 4. The average molecular weight is 257 g/mol. The average Bonchev–Trinajstić information content (AvgIpc) is 2.56. The van der Waals surface area contributed by atoms with Crippen LogP contribution in [0.4, 0.5) is 0 Å². The Kier molecular flexibility index (Phi) is 3.95. The van der Waals surface area contributed by atoms with E-state index < -0.39 is 0 Å². The summed E-state index contributed by atoms with van der Waals surface area (Å²) in [5, 5.41) is 2.74. The summed E-state index contributed by atoms with van der Waals surface area (Å²) >= 11 is 3.34. The van der Waals surface area contributed by atoms with Gasteiger partial charge in [0.15, 0.2) is 0 Å². The maximum absolute atomic E-state index is 11.6. The predicted octanol–water partition coefficient (Wildman–Crippen LogP) is 2.19. The molecule has 1 N–H and O–H groups in total. The molecule has 4 heteroatoms. The minimum atomic E-state index is -0.0718. The fourth-order valence-electron chi connectivity index (χ4n) is 1.18. The second kappa shape index (κ2) is 5.00. The van der Waals surface area contributed by atoms with Gasteiger partial charge in [0.05, 0.1) is 0 Å². The molecule has 0 unspecified atom stereocenters. The van der Waals surface area contributed by atoms with E-state index in [0.717, 1.165) is 11.0 Å². The van der Waals surface area contributed by atoms with Crippen LogP contribution in [0.2, 0.25) is 0 Å². The zero-order valence-corrected chi connectivity index (χ0v) is 9.67. The Bertz CT molecular complexity index is 344. The number of hydrogen-bond donors (Lipinski definition) is 1. The minimum Gasteiger partial charge on any atom is -0.347 e. The quantitative estimate of drug-likeness (QED) is 0.824. The van der Waals surface area contributed by atoms with Gasteiger partial charge in [-0.25, -0.2) is 0 Å². The van der Waals surface area contributed by atoms with Gasteiger partial charge >= 0.3 is 0 Å². The molecule has 0 aliphatic heterocycles. The maximum Gasteiger partial charge on any atom is 0.268 e. The summed E-state index contributed by atoms with van der Waals surface area (Å²) in [6.07, 6.45) is 3.55. The molecule has 1 aromatic heterocycles. The molecule has 0 aromatic carbocycles. The van der Waals surface area contributed by atoms with Crippen molar-refractivity contribution in [2.75, 3.05) is 6.54 Å². The van der Waals surface area contributed by atoms with Crippen LogP contribution < -0.4 is 5.32 Å². The Hall–Kier alpha value is -1.03. The Morgan fingerprint density at radius 3 is 3.07 bits per heavy atom. The largest absolute Gasteiger partial charge is 0.347 e. The number of nitrogens with one attached hydrogen (secondary N) is 1. The van der Waals surface area contributed by atoms with E-state index in [0.29, 0.717) is 12.2 Å². The standard InChI is InChI=1S/C10H13BrN2O/c1-3-5-12-10(14)9-6-8(11)7-13(9)4-2/h3,6-7H,1,4-5H2,2H3,(H,12,14). The summed E-state index contributed by atoms with van der Waals surface area (Å²) in [5.74, 6) is -0.0718. The Morgan fingerprint density at radius 2 is 2.50 bits per heavy atom. The van der Waals surface area contributed by atoms with Crippen LogP contribution in [-0.2, 0) is 6.54 Å². The van der Waals surface area contributed by atoms with Crippen LogP contribution in [-0.4, -0.2) is 17.0 Å². The van der Waals surface area contributed by atoms with Gasteiger partial charge in [0, 0.05) is 23.8 Å². The molecule has 0 atom stereocenters. The van der Waals surface area contributed by atoms with Crippen LogP contribution in [0, 0.1) is 0 Å². The van der Waals surface area contributed by atoms with Gasteiger partial charge in [0.2, 0.25) is 0 Å². The fourth-order valence-corrected chi connectivity index (χ4v) is 1.65. The van der Waals surface area contributed by atoms with Gasteiger partial charge in [-0.15, -0.1) is 6.58 Å². The lowest BCUT2D eigenvalue weighted by Gasteiger charge is -2.05. The molecular weight excluding hydrogens is 244 g/mol. The van der Waals surface area contributed by atoms with Crippen LogP contribution in [0.5, 0.6) is 0 Å². The molecule has 0 fully saturated rings. The number of carbonyl (C=O) groups is 1. The fraction of sp³-hybridized carbons (Fsp3) is 0.300. The van der Waals surface area contributed by atoms with Crippen molar-refractivity contribution in [1.82, 2.24) is 9.88 Å². The lowest BCUT2D eigenvalue weighted by atomic mass is 10.4. The third kappa shape index (κ3) is 2.48. The summed E-state index contributed by atoms with van der Waals surface area (Å²) in [5.41, 5.74) is 0.668. The molecular formula is C10H13BrN2O. The highest BCUT2D eigenvalue weighted by Crippen LogP contribution is 2.14. The van der Waals surface area contributed by atoms with E-state index in [1.165, 1.54) is 0 Å². The molecule has 0 saturated heterocycles. The molecule has 0 aliphatic rings. The van der Waals surface area contributed by atoms with E-state index in [1.807, 2.05) is 23.8 Å². The topological polar surface area (TPSA) is 34.0 Å². The number of nitrogens with zero attached hydrogens (tertiary/aromatic N) is 1. The van der Waals surface area contributed by atoms with Crippen molar-refractivity contribution >= 4 is 21.8 Å². The predicted molar refractivity (Wildman–Crippen MR) is 60.3 cm³/mol. The minimum absolute atomic E-state index is 0.0718. The van der Waals surface area contributed by atoms with Crippen molar-refractivity contribution < 1.29 is 4.79 Å². The lowest BCUT2D eigenvalue weighted by Crippen LogP contribution is -2.25. The Labute approximate surface area is 91.9 Å². The highest BCUT2D eigenvalue weighted by Gasteiger charge is 2.10. The molecule has 1 aromatic rings. The van der Waals surface area contributed by atoms with Crippen LogP contribution in [0.25, 0.3) is 0 Å². The number of hydrogen-bond acceptors (Lipinski definition) is 1. The van der Waals surface area contributed by atoms with E-state index in [-0.39, 0.29) is 5.91 Å². The number of aromatic nitrogens is 1. The molecule has 3 nitrogen and oxygen atoms in total. The molecule has 0 aliphatic carbocycles. The molecule has 1 heterocycles. The van der Waals surface area contributed by atoms with Gasteiger partial charge in [-0.05, 0) is 28.9 Å². The van der Waals surface area contributed by atoms with E-state index in [2.05, 4.69) is 27.8 Å². The summed E-state index contributed by atoms with van der Waals surface area (Å²) in [6, 6.07) is 1.81. The number of aryl methyl sites for hydroxylation is 1. The van der Waals surface area contributed by atoms with Gasteiger partial charge in [0.25, 0.3) is 5.91 Å². The zero-order valence-electron chi connectivity index (χ0n) is 8.09. The second-order valence-corrected chi connectivity index (χ2v) is 3.74. The molecule has 14 heavy (non-hydrogen) atoms. The summed E-state index contributed by atoms with van der Waals surface area (Å²) in [4.78, 5) is 11.6. The second-order valence-electron chi connectivity index (χ2n) is 2.83. The maximum atomic E-state index is 11.6. The van der Waals surface area contributed by atoms with Gasteiger partial charge < -0.3 is 9.88 Å². The van der Waals surface area contributed by atoms with Gasteiger partial charge in [-0.3, -0.25) is 4.79 Å². The van der Waals surface area contributed by atoms with Crippen LogP contribution in [0.3, 0.4) is 0 Å². The molecule has 76 valence electrons. The third-order valence-electron chi connectivity index (χ3n) is 1.84. The number of carbonyl (C=O) groups excluding carboxylic acids is 1. The summed E-state index contributed by atoms with van der Waals surface area (Å²) < 4.78 is 2.81. The molecule has 0 bridgehead atoms. The smallest absolute Gasteiger partial charge is 0.268 e. The van der Waals surface area contributed by atoms with Gasteiger partial charge in [0.1, 0.15) is 5.69 Å². The Morgan fingerprint density at radius 1 is 1.79 bits per heavy atom. The number of amides is 1. The number of halogens is 1. The van der Waals surface area contributed by atoms with Gasteiger partial charge in [-0.2, -0.15) is 0 Å². The SMILES string of the molecule is C=CCNC(=O)c1cc(Br)cn1CC. The van der Waals surface area contributed by atoms with Crippen molar-refractivity contribution in [2.45, 2.75) is 13.5 Å². The first-order valence-corrected chi connectivity index (χ1v) is 5.23. The lowest BCUT2D eigenvalue weighted by molar-refractivity contribution is 0.0949. The van der Waals surface area contributed by atoms with Crippen molar-refractivity contribution in [3.8, 4) is 0 Å². The van der Waals surface area contributed by atoms with Crippen molar-refractivity contribution in [2.24, 2.45) is 0 Å². The third-order valence-corrected chi connectivity index (χ3v) is 2.28.